The van der Waals surface area contributed by atoms with Gasteiger partial charge in [0.1, 0.15) is 5.75 Å². The number of amides is 1. The third-order valence-corrected chi connectivity index (χ3v) is 3.74. The summed E-state index contributed by atoms with van der Waals surface area (Å²) in [6.45, 7) is 7.65. The van der Waals surface area contributed by atoms with E-state index in [1.54, 1.807) is 14.2 Å². The number of carbonyl (C=O) groups is 1. The lowest BCUT2D eigenvalue weighted by molar-refractivity contribution is -0.128. The van der Waals surface area contributed by atoms with Crippen LogP contribution in [0.1, 0.15) is 26.3 Å². The third kappa shape index (κ3) is 8.42. The topological polar surface area (TPSA) is 74.8 Å². The van der Waals surface area contributed by atoms with Gasteiger partial charge in [-0.1, -0.05) is 12.1 Å². The number of rotatable bonds is 8. The van der Waals surface area contributed by atoms with Gasteiger partial charge >= 0.3 is 0 Å². The number of carbonyl (C=O) groups excluding carboxylic acids is 1. The molecule has 0 atom stereocenters. The van der Waals surface area contributed by atoms with Gasteiger partial charge in [0.15, 0.2) is 5.96 Å². The highest BCUT2D eigenvalue weighted by Gasteiger charge is 2.27. The molecule has 1 rings (SSSR count). The van der Waals surface area contributed by atoms with Gasteiger partial charge in [-0.2, -0.15) is 0 Å². The summed E-state index contributed by atoms with van der Waals surface area (Å²) < 4.78 is 5.15. The molecule has 1 amide bonds. The minimum absolute atomic E-state index is 0. The Hall–Kier alpha value is -1.51. The molecule has 0 radical (unpaired) electrons. The first-order chi connectivity index (χ1) is 11.4. The largest absolute Gasteiger partial charge is 0.497 e. The maximum absolute atomic E-state index is 12.0. The number of nitrogens with one attached hydrogen (secondary N) is 3. The summed E-state index contributed by atoms with van der Waals surface area (Å²) in [5.74, 6) is 1.59. The summed E-state index contributed by atoms with van der Waals surface area (Å²) in [6.07, 6.45) is 0.879. The van der Waals surface area contributed by atoms with E-state index in [0.717, 1.165) is 18.7 Å². The van der Waals surface area contributed by atoms with Crippen LogP contribution in [0.4, 0.5) is 0 Å². The van der Waals surface area contributed by atoms with Gasteiger partial charge in [-0.25, -0.2) is 0 Å². The van der Waals surface area contributed by atoms with E-state index in [4.69, 9.17) is 4.74 Å². The fourth-order valence-corrected chi connectivity index (χ4v) is 2.12. The van der Waals surface area contributed by atoms with Crippen LogP contribution in [0.25, 0.3) is 0 Å². The van der Waals surface area contributed by atoms with E-state index in [1.807, 2.05) is 32.9 Å². The van der Waals surface area contributed by atoms with E-state index in [2.05, 4.69) is 33.1 Å². The Labute approximate surface area is 168 Å². The summed E-state index contributed by atoms with van der Waals surface area (Å²) in [7, 11) is 3.39. The first kappa shape index (κ1) is 23.5. The zero-order valence-corrected chi connectivity index (χ0v) is 18.1. The highest BCUT2D eigenvalue weighted by atomic mass is 127. The van der Waals surface area contributed by atoms with Crippen LogP contribution < -0.4 is 20.7 Å². The van der Waals surface area contributed by atoms with Crippen LogP contribution in [0.5, 0.6) is 5.75 Å². The number of hydrogen-bond acceptors (Lipinski definition) is 3. The number of benzene rings is 1. The van der Waals surface area contributed by atoms with Crippen molar-refractivity contribution in [2.24, 2.45) is 10.4 Å². The van der Waals surface area contributed by atoms with Crippen LogP contribution in [0, 0.1) is 5.41 Å². The fraction of sp³-hybridized carbons (Fsp3) is 0.556. The van der Waals surface area contributed by atoms with Gasteiger partial charge < -0.3 is 20.7 Å². The highest BCUT2D eigenvalue weighted by molar-refractivity contribution is 14.0. The molecule has 1 aromatic rings. The van der Waals surface area contributed by atoms with Gasteiger partial charge in [-0.05, 0) is 44.9 Å². The van der Waals surface area contributed by atoms with E-state index in [9.17, 15) is 4.79 Å². The van der Waals surface area contributed by atoms with Crippen molar-refractivity contribution >= 4 is 35.8 Å². The predicted molar refractivity (Wildman–Crippen MR) is 114 cm³/mol. The molecule has 0 saturated heterocycles. The average Bonchev–Trinajstić information content (AvgIpc) is 2.58. The quantitative estimate of drug-likeness (QED) is 0.315. The van der Waals surface area contributed by atoms with Crippen molar-refractivity contribution in [3.05, 3.63) is 29.8 Å². The molecule has 3 N–H and O–H groups in total. The zero-order chi connectivity index (χ0) is 18.0. The highest BCUT2D eigenvalue weighted by Crippen LogP contribution is 2.13. The molecule has 6 nitrogen and oxygen atoms in total. The number of methoxy groups -OCH3 is 1. The number of aliphatic imine (C=N–C) groups is 1. The average molecular weight is 462 g/mol. The molecule has 25 heavy (non-hydrogen) atoms. The first-order valence-electron chi connectivity index (χ1n) is 8.28. The van der Waals surface area contributed by atoms with E-state index < -0.39 is 5.41 Å². The number of ether oxygens (including phenoxy) is 1. The van der Waals surface area contributed by atoms with Gasteiger partial charge in [0.25, 0.3) is 0 Å². The summed E-state index contributed by atoms with van der Waals surface area (Å²) in [5, 5.41) is 9.33. The lowest BCUT2D eigenvalue weighted by atomic mass is 9.92. The molecule has 0 fully saturated rings. The summed E-state index contributed by atoms with van der Waals surface area (Å²) in [4.78, 5) is 16.2. The number of hydrogen-bond donors (Lipinski definition) is 3. The first-order valence-corrected chi connectivity index (χ1v) is 8.28. The van der Waals surface area contributed by atoms with Crippen molar-refractivity contribution in [1.29, 1.82) is 0 Å². The van der Waals surface area contributed by atoms with E-state index in [0.29, 0.717) is 19.0 Å². The van der Waals surface area contributed by atoms with Gasteiger partial charge in [0, 0.05) is 26.7 Å². The molecule has 0 bridgehead atoms. The minimum atomic E-state index is -0.496. The smallest absolute Gasteiger partial charge is 0.227 e. The van der Waals surface area contributed by atoms with Crippen LogP contribution >= 0.6 is 24.0 Å². The van der Waals surface area contributed by atoms with Gasteiger partial charge in [-0.3, -0.25) is 9.79 Å². The lowest BCUT2D eigenvalue weighted by Crippen LogP contribution is -2.48. The predicted octanol–water partition coefficient (Wildman–Crippen LogP) is 2.18. The van der Waals surface area contributed by atoms with Gasteiger partial charge in [0.05, 0.1) is 12.5 Å². The van der Waals surface area contributed by atoms with E-state index in [-0.39, 0.29) is 29.9 Å². The Morgan fingerprint density at radius 1 is 1.16 bits per heavy atom. The zero-order valence-electron chi connectivity index (χ0n) is 15.8. The van der Waals surface area contributed by atoms with Crippen LogP contribution in [0.15, 0.2) is 29.3 Å². The summed E-state index contributed by atoms with van der Waals surface area (Å²) >= 11 is 0. The van der Waals surface area contributed by atoms with Crippen molar-refractivity contribution in [3.8, 4) is 5.75 Å². The van der Waals surface area contributed by atoms with Crippen molar-refractivity contribution in [2.45, 2.75) is 27.2 Å². The maximum Gasteiger partial charge on any atom is 0.227 e. The molecule has 0 spiro atoms. The second kappa shape index (κ2) is 11.9. The molecule has 0 heterocycles. The fourth-order valence-electron chi connectivity index (χ4n) is 2.12. The van der Waals surface area contributed by atoms with Crippen molar-refractivity contribution < 1.29 is 9.53 Å². The van der Waals surface area contributed by atoms with Gasteiger partial charge in [-0.15, -0.1) is 24.0 Å². The molecule has 1 aromatic carbocycles. The third-order valence-electron chi connectivity index (χ3n) is 3.74. The maximum atomic E-state index is 12.0. The molecule has 0 unspecified atom stereocenters. The molecule has 0 saturated carbocycles. The van der Waals surface area contributed by atoms with Crippen molar-refractivity contribution in [1.82, 2.24) is 16.0 Å². The standard InChI is InChI=1S/C18H30N4O2.HI/c1-6-20-16(23)18(2,3)13-22-17(19-4)21-12-11-14-7-9-15(24-5)10-8-14;/h7-10H,6,11-13H2,1-5H3,(H,20,23)(H2,19,21,22);1H. The number of halogens is 1. The van der Waals surface area contributed by atoms with Crippen LogP contribution in [-0.2, 0) is 11.2 Å². The Morgan fingerprint density at radius 3 is 2.32 bits per heavy atom. The molecular weight excluding hydrogens is 431 g/mol. The second-order valence-electron chi connectivity index (χ2n) is 6.19. The Morgan fingerprint density at radius 2 is 1.80 bits per heavy atom. The Balaban J connectivity index is 0.00000576. The van der Waals surface area contributed by atoms with Crippen LogP contribution in [0.3, 0.4) is 0 Å². The van der Waals surface area contributed by atoms with Crippen molar-refractivity contribution in [3.63, 3.8) is 0 Å². The molecule has 0 aliphatic carbocycles. The van der Waals surface area contributed by atoms with E-state index >= 15 is 0 Å². The Bertz CT molecular complexity index is 545. The number of guanidine groups is 1. The molecule has 0 aliphatic heterocycles. The molecule has 142 valence electrons. The Kier molecular flexibility index (Phi) is 11.2. The monoisotopic (exact) mass is 462 g/mol. The van der Waals surface area contributed by atoms with Crippen molar-refractivity contribution in [2.75, 3.05) is 33.8 Å². The van der Waals surface area contributed by atoms with Crippen LogP contribution in [-0.4, -0.2) is 45.7 Å². The van der Waals surface area contributed by atoms with Crippen LogP contribution in [0.2, 0.25) is 0 Å². The summed E-state index contributed by atoms with van der Waals surface area (Å²) in [6, 6.07) is 8.01. The molecular formula is C18H31IN4O2. The molecule has 7 heteroatoms. The molecule has 0 aromatic heterocycles. The van der Waals surface area contributed by atoms with E-state index in [1.165, 1.54) is 5.56 Å². The minimum Gasteiger partial charge on any atom is -0.497 e. The SMILES string of the molecule is CCNC(=O)C(C)(C)CNC(=NC)NCCc1ccc(OC)cc1.I. The normalized spacial score (nSPS) is 11.3. The second-order valence-corrected chi connectivity index (χ2v) is 6.19. The summed E-state index contributed by atoms with van der Waals surface area (Å²) in [5.41, 5.74) is 0.727. The number of nitrogens with zero attached hydrogens (tertiary/aromatic N) is 1. The van der Waals surface area contributed by atoms with Gasteiger partial charge in [0.2, 0.25) is 5.91 Å². The molecule has 0 aliphatic rings. The lowest BCUT2D eigenvalue weighted by Gasteiger charge is -2.24.